The minimum Gasteiger partial charge on any atom is -0.370 e. The molecule has 1 unspecified atom stereocenters. The minimum atomic E-state index is -0.402. The highest BCUT2D eigenvalue weighted by molar-refractivity contribution is 5.74. The number of hydrogen-bond donors (Lipinski definition) is 2. The van der Waals surface area contributed by atoms with Crippen molar-refractivity contribution in [2.45, 2.75) is 45.1 Å². The van der Waals surface area contributed by atoms with Crippen LogP contribution in [0, 0.1) is 5.92 Å². The zero-order valence-electron chi connectivity index (χ0n) is 10.2. The number of hydrogen-bond acceptors (Lipinski definition) is 3. The summed E-state index contributed by atoms with van der Waals surface area (Å²) in [6.07, 6.45) is 6.82. The molecule has 0 spiro atoms. The van der Waals surface area contributed by atoms with E-state index < -0.39 is 5.91 Å². The molecule has 0 radical (unpaired) electrons. The summed E-state index contributed by atoms with van der Waals surface area (Å²) in [6, 6.07) is 0.553. The molecule has 0 saturated heterocycles. The molecule has 1 rings (SSSR count). The zero-order chi connectivity index (χ0) is 11.8. The van der Waals surface area contributed by atoms with Crippen LogP contribution in [0.25, 0.3) is 0 Å². The minimum absolute atomic E-state index is 0.0273. The average molecular weight is 228 g/mol. The van der Waals surface area contributed by atoms with E-state index in [1.807, 2.05) is 0 Å². The van der Waals surface area contributed by atoms with Crippen molar-refractivity contribution >= 4 is 5.91 Å². The first-order valence-corrected chi connectivity index (χ1v) is 6.29. The third-order valence-corrected chi connectivity index (χ3v) is 3.31. The number of amides is 1. The van der Waals surface area contributed by atoms with Crippen molar-refractivity contribution in [2.24, 2.45) is 11.7 Å². The normalized spacial score (nSPS) is 19.6. The van der Waals surface area contributed by atoms with Crippen LogP contribution < -0.4 is 11.1 Å². The Balaban J connectivity index is 2.00. The molecule has 0 aromatic carbocycles. The van der Waals surface area contributed by atoms with Gasteiger partial charge in [0.15, 0.2) is 0 Å². The van der Waals surface area contributed by atoms with Gasteiger partial charge in [-0.1, -0.05) is 19.3 Å². The molecule has 1 fully saturated rings. The van der Waals surface area contributed by atoms with E-state index in [1.165, 1.54) is 32.1 Å². The molecule has 0 aromatic heterocycles. The van der Waals surface area contributed by atoms with Gasteiger partial charge in [0.2, 0.25) is 5.91 Å². The zero-order valence-corrected chi connectivity index (χ0v) is 10.2. The highest BCUT2D eigenvalue weighted by Crippen LogP contribution is 2.26. The number of nitrogens with two attached hydrogens (primary N) is 1. The maximum absolute atomic E-state index is 10.4. The van der Waals surface area contributed by atoms with E-state index in [0.717, 1.165) is 12.5 Å². The molecule has 0 heterocycles. The summed E-state index contributed by atoms with van der Waals surface area (Å²) in [5.74, 6) is 0.408. The fraction of sp³-hybridized carbons (Fsp3) is 0.917. The molecule has 94 valence electrons. The van der Waals surface area contributed by atoms with Crippen LogP contribution in [0.5, 0.6) is 0 Å². The standard InChI is InChI=1S/C12H24N2O2/c1-10(11-5-3-2-4-6-11)14-7-8-16-9-12(13)15/h10-11,14H,2-9H2,1H3,(H2,13,15). The van der Waals surface area contributed by atoms with Crippen LogP contribution in [0.4, 0.5) is 0 Å². The van der Waals surface area contributed by atoms with Crippen LogP contribution in [0.3, 0.4) is 0 Å². The van der Waals surface area contributed by atoms with Crippen LogP contribution >= 0.6 is 0 Å². The lowest BCUT2D eigenvalue weighted by molar-refractivity contribution is -0.122. The van der Waals surface area contributed by atoms with Crippen LogP contribution in [-0.4, -0.2) is 31.7 Å². The van der Waals surface area contributed by atoms with E-state index in [4.69, 9.17) is 10.5 Å². The maximum Gasteiger partial charge on any atom is 0.243 e. The molecule has 1 amide bonds. The summed E-state index contributed by atoms with van der Waals surface area (Å²) >= 11 is 0. The van der Waals surface area contributed by atoms with Crippen molar-refractivity contribution in [3.05, 3.63) is 0 Å². The van der Waals surface area contributed by atoms with Crippen LogP contribution in [0.1, 0.15) is 39.0 Å². The predicted molar refractivity (Wildman–Crippen MR) is 64.1 cm³/mol. The Morgan fingerprint density at radius 3 is 2.75 bits per heavy atom. The van der Waals surface area contributed by atoms with Gasteiger partial charge in [0.05, 0.1) is 6.61 Å². The summed E-state index contributed by atoms with van der Waals surface area (Å²) in [5.41, 5.74) is 4.97. The fourth-order valence-electron chi connectivity index (χ4n) is 2.33. The number of rotatable bonds is 7. The summed E-state index contributed by atoms with van der Waals surface area (Å²) in [7, 11) is 0. The van der Waals surface area contributed by atoms with E-state index in [9.17, 15) is 4.79 Å². The molecule has 16 heavy (non-hydrogen) atoms. The van der Waals surface area contributed by atoms with Gasteiger partial charge >= 0.3 is 0 Å². The molecule has 0 bridgehead atoms. The van der Waals surface area contributed by atoms with Gasteiger partial charge in [-0.05, 0) is 25.7 Å². The van der Waals surface area contributed by atoms with E-state index in [0.29, 0.717) is 12.6 Å². The third-order valence-electron chi connectivity index (χ3n) is 3.31. The number of nitrogens with one attached hydrogen (secondary N) is 1. The molecule has 1 aliphatic rings. The lowest BCUT2D eigenvalue weighted by Gasteiger charge is -2.28. The quantitative estimate of drug-likeness (QED) is 0.640. The molecule has 1 aliphatic carbocycles. The van der Waals surface area contributed by atoms with Crippen molar-refractivity contribution in [2.75, 3.05) is 19.8 Å². The Morgan fingerprint density at radius 1 is 1.44 bits per heavy atom. The van der Waals surface area contributed by atoms with Crippen LogP contribution in [0.15, 0.2) is 0 Å². The summed E-state index contributed by atoms with van der Waals surface area (Å²) in [6.45, 7) is 3.62. The summed E-state index contributed by atoms with van der Waals surface area (Å²) in [5, 5.41) is 3.45. The Bertz CT molecular complexity index is 203. The van der Waals surface area contributed by atoms with E-state index in [-0.39, 0.29) is 6.61 Å². The van der Waals surface area contributed by atoms with Crippen molar-refractivity contribution < 1.29 is 9.53 Å². The topological polar surface area (TPSA) is 64.3 Å². The number of carbonyl (C=O) groups excluding carboxylic acids is 1. The largest absolute Gasteiger partial charge is 0.370 e. The first-order chi connectivity index (χ1) is 7.70. The van der Waals surface area contributed by atoms with Gasteiger partial charge in [-0.25, -0.2) is 0 Å². The highest BCUT2D eigenvalue weighted by Gasteiger charge is 2.19. The summed E-state index contributed by atoms with van der Waals surface area (Å²) in [4.78, 5) is 10.4. The number of carbonyl (C=O) groups is 1. The van der Waals surface area contributed by atoms with Gasteiger partial charge < -0.3 is 15.8 Å². The van der Waals surface area contributed by atoms with Gasteiger partial charge in [-0.2, -0.15) is 0 Å². The smallest absolute Gasteiger partial charge is 0.243 e. The van der Waals surface area contributed by atoms with Crippen molar-refractivity contribution in [3.8, 4) is 0 Å². The molecular weight excluding hydrogens is 204 g/mol. The van der Waals surface area contributed by atoms with Crippen molar-refractivity contribution in [1.29, 1.82) is 0 Å². The molecular formula is C12H24N2O2. The van der Waals surface area contributed by atoms with Gasteiger partial charge in [-0.3, -0.25) is 4.79 Å². The molecule has 4 nitrogen and oxygen atoms in total. The second-order valence-corrected chi connectivity index (χ2v) is 4.66. The Hall–Kier alpha value is -0.610. The lowest BCUT2D eigenvalue weighted by atomic mass is 9.84. The average Bonchev–Trinajstić information content (AvgIpc) is 2.29. The van der Waals surface area contributed by atoms with Gasteiger partial charge in [0, 0.05) is 12.6 Å². The first kappa shape index (κ1) is 13.5. The molecule has 4 heteroatoms. The van der Waals surface area contributed by atoms with Crippen LogP contribution in [0.2, 0.25) is 0 Å². The molecule has 0 aliphatic heterocycles. The Morgan fingerprint density at radius 2 is 2.12 bits per heavy atom. The fourth-order valence-corrected chi connectivity index (χ4v) is 2.33. The number of primary amides is 1. The molecule has 0 aromatic rings. The lowest BCUT2D eigenvalue weighted by Crippen LogP contribution is -2.37. The maximum atomic E-state index is 10.4. The van der Waals surface area contributed by atoms with E-state index in [1.54, 1.807) is 0 Å². The SMILES string of the molecule is CC(NCCOCC(N)=O)C1CCCCC1. The number of ether oxygens (including phenoxy) is 1. The predicted octanol–water partition coefficient (Wildman–Crippen LogP) is 1.05. The van der Waals surface area contributed by atoms with Crippen molar-refractivity contribution in [1.82, 2.24) is 5.32 Å². The Labute approximate surface area is 97.9 Å². The summed E-state index contributed by atoms with van der Waals surface area (Å²) < 4.78 is 5.10. The van der Waals surface area contributed by atoms with E-state index >= 15 is 0 Å². The highest BCUT2D eigenvalue weighted by atomic mass is 16.5. The van der Waals surface area contributed by atoms with Gasteiger partial charge in [0.25, 0.3) is 0 Å². The molecule has 1 atom stereocenters. The Kier molecular flexibility index (Phi) is 6.42. The molecule has 1 saturated carbocycles. The van der Waals surface area contributed by atoms with Gasteiger partial charge in [-0.15, -0.1) is 0 Å². The van der Waals surface area contributed by atoms with Gasteiger partial charge in [0.1, 0.15) is 6.61 Å². The monoisotopic (exact) mass is 228 g/mol. The third kappa shape index (κ3) is 5.47. The van der Waals surface area contributed by atoms with Crippen molar-refractivity contribution in [3.63, 3.8) is 0 Å². The first-order valence-electron chi connectivity index (χ1n) is 6.29. The van der Waals surface area contributed by atoms with Crippen LogP contribution in [-0.2, 0) is 9.53 Å². The molecule has 3 N–H and O–H groups in total. The second kappa shape index (κ2) is 7.63. The van der Waals surface area contributed by atoms with E-state index in [2.05, 4.69) is 12.2 Å². The second-order valence-electron chi connectivity index (χ2n) is 4.66.